The van der Waals surface area contributed by atoms with Crippen molar-refractivity contribution >= 4 is 12.1 Å². The Morgan fingerprint density at radius 3 is 2.39 bits per heavy atom. The Bertz CT molecular complexity index is 335. The summed E-state index contributed by atoms with van der Waals surface area (Å²) in [6.07, 6.45) is 5.58. The molecule has 1 aliphatic rings. The number of carbonyl (C=O) groups is 2. The van der Waals surface area contributed by atoms with Gasteiger partial charge in [0.15, 0.2) is 0 Å². The second-order valence-corrected chi connectivity index (χ2v) is 5.58. The van der Waals surface area contributed by atoms with E-state index in [1.807, 2.05) is 12.2 Å². The molecule has 5 heteroatoms. The van der Waals surface area contributed by atoms with E-state index in [-0.39, 0.29) is 0 Å². The summed E-state index contributed by atoms with van der Waals surface area (Å²) in [6.45, 7) is 5.22. The summed E-state index contributed by atoms with van der Waals surface area (Å²) in [5.41, 5.74) is -0.623. The molecular formula is C13H21NO4. The molecule has 0 aromatic heterocycles. The highest BCUT2D eigenvalue weighted by Crippen LogP contribution is 2.23. The van der Waals surface area contributed by atoms with Crippen molar-refractivity contribution in [3.63, 3.8) is 0 Å². The summed E-state index contributed by atoms with van der Waals surface area (Å²) < 4.78 is 5.05. The van der Waals surface area contributed by atoms with Crippen molar-refractivity contribution in [1.29, 1.82) is 0 Å². The van der Waals surface area contributed by atoms with Crippen LogP contribution in [-0.2, 0) is 9.53 Å². The van der Waals surface area contributed by atoms with Gasteiger partial charge in [0.25, 0.3) is 0 Å². The number of ether oxygens (including phenoxy) is 1. The van der Waals surface area contributed by atoms with Crippen molar-refractivity contribution in [2.75, 3.05) is 0 Å². The van der Waals surface area contributed by atoms with Gasteiger partial charge < -0.3 is 15.2 Å². The fourth-order valence-electron chi connectivity index (χ4n) is 1.87. The third kappa shape index (κ3) is 5.21. The lowest BCUT2D eigenvalue weighted by Crippen LogP contribution is -2.44. The largest absolute Gasteiger partial charge is 0.480 e. The van der Waals surface area contributed by atoms with E-state index in [2.05, 4.69) is 5.32 Å². The van der Waals surface area contributed by atoms with E-state index < -0.39 is 23.7 Å². The van der Waals surface area contributed by atoms with Crippen LogP contribution in [0.4, 0.5) is 4.79 Å². The maximum absolute atomic E-state index is 11.5. The quantitative estimate of drug-likeness (QED) is 0.756. The van der Waals surface area contributed by atoms with Gasteiger partial charge in [0, 0.05) is 0 Å². The van der Waals surface area contributed by atoms with Crippen LogP contribution in [0, 0.1) is 5.92 Å². The minimum absolute atomic E-state index is 0.293. The van der Waals surface area contributed by atoms with E-state index in [0.29, 0.717) is 12.3 Å². The van der Waals surface area contributed by atoms with Crippen molar-refractivity contribution in [1.82, 2.24) is 5.32 Å². The van der Waals surface area contributed by atoms with Crippen molar-refractivity contribution in [2.24, 2.45) is 5.92 Å². The topological polar surface area (TPSA) is 75.6 Å². The van der Waals surface area contributed by atoms with Gasteiger partial charge in [-0.1, -0.05) is 12.2 Å². The van der Waals surface area contributed by atoms with E-state index in [1.54, 1.807) is 20.8 Å². The molecule has 0 saturated carbocycles. The molecule has 5 nitrogen and oxygen atoms in total. The molecule has 0 aromatic carbocycles. The van der Waals surface area contributed by atoms with Gasteiger partial charge in [-0.15, -0.1) is 0 Å². The van der Waals surface area contributed by atoms with Crippen molar-refractivity contribution in [2.45, 2.75) is 51.7 Å². The maximum atomic E-state index is 11.5. The SMILES string of the molecule is CC(C)(C)OC(=O)N[C@@H](CC1CC=CC1)C(=O)O. The molecule has 0 aliphatic heterocycles. The third-order valence-electron chi connectivity index (χ3n) is 2.66. The normalized spacial score (nSPS) is 17.5. The molecular weight excluding hydrogens is 234 g/mol. The third-order valence-corrected chi connectivity index (χ3v) is 2.66. The second kappa shape index (κ2) is 5.89. The van der Waals surface area contributed by atoms with E-state index in [1.165, 1.54) is 0 Å². The van der Waals surface area contributed by atoms with E-state index in [4.69, 9.17) is 9.84 Å². The number of carboxylic acid groups (broad SMARTS) is 1. The molecule has 0 aromatic rings. The lowest BCUT2D eigenvalue weighted by Gasteiger charge is -2.23. The molecule has 0 fully saturated rings. The summed E-state index contributed by atoms with van der Waals surface area (Å²) >= 11 is 0. The van der Waals surface area contributed by atoms with Gasteiger partial charge in [-0.3, -0.25) is 0 Å². The average molecular weight is 255 g/mol. The Balaban J connectivity index is 2.47. The number of rotatable bonds is 4. The van der Waals surface area contributed by atoms with E-state index >= 15 is 0 Å². The number of hydrogen-bond acceptors (Lipinski definition) is 3. The molecule has 1 atom stereocenters. The fourth-order valence-corrected chi connectivity index (χ4v) is 1.87. The number of aliphatic carboxylic acids is 1. The first-order chi connectivity index (χ1) is 8.28. The number of nitrogens with one attached hydrogen (secondary N) is 1. The fraction of sp³-hybridized carbons (Fsp3) is 0.692. The first kappa shape index (κ1) is 14.5. The van der Waals surface area contributed by atoms with Gasteiger partial charge in [-0.2, -0.15) is 0 Å². The standard InChI is InChI=1S/C13H21NO4/c1-13(2,3)18-12(17)14-10(11(15)16)8-9-6-4-5-7-9/h4-5,9-10H,6-8H2,1-3H3,(H,14,17)(H,15,16)/t10-/m0/s1. The number of amides is 1. The van der Waals surface area contributed by atoms with Crippen LogP contribution in [-0.4, -0.2) is 28.8 Å². The summed E-state index contributed by atoms with van der Waals surface area (Å²) in [5.74, 6) is -0.728. The van der Waals surface area contributed by atoms with Crippen LogP contribution in [0.3, 0.4) is 0 Å². The molecule has 0 heterocycles. The molecule has 0 bridgehead atoms. The summed E-state index contributed by atoms with van der Waals surface area (Å²) in [6, 6.07) is -0.884. The molecule has 102 valence electrons. The minimum Gasteiger partial charge on any atom is -0.480 e. The highest BCUT2D eigenvalue weighted by atomic mass is 16.6. The van der Waals surface area contributed by atoms with Crippen LogP contribution >= 0.6 is 0 Å². The number of alkyl carbamates (subject to hydrolysis) is 1. The zero-order chi connectivity index (χ0) is 13.8. The monoisotopic (exact) mass is 255 g/mol. The lowest BCUT2D eigenvalue weighted by atomic mass is 9.98. The highest BCUT2D eigenvalue weighted by Gasteiger charge is 2.26. The van der Waals surface area contributed by atoms with E-state index in [0.717, 1.165) is 12.8 Å². The van der Waals surface area contributed by atoms with Gasteiger partial charge >= 0.3 is 12.1 Å². The van der Waals surface area contributed by atoms with Crippen LogP contribution in [0.2, 0.25) is 0 Å². The molecule has 2 N–H and O–H groups in total. The van der Waals surface area contributed by atoms with Gasteiger partial charge in [-0.25, -0.2) is 9.59 Å². The average Bonchev–Trinajstić information content (AvgIpc) is 2.66. The van der Waals surface area contributed by atoms with Gasteiger partial charge in [0.05, 0.1) is 0 Å². The Morgan fingerprint density at radius 2 is 1.94 bits per heavy atom. The van der Waals surface area contributed by atoms with Crippen LogP contribution in [0.1, 0.15) is 40.0 Å². The zero-order valence-electron chi connectivity index (χ0n) is 11.1. The molecule has 1 rings (SSSR count). The van der Waals surface area contributed by atoms with Crippen LogP contribution in [0.5, 0.6) is 0 Å². The Morgan fingerprint density at radius 1 is 1.39 bits per heavy atom. The van der Waals surface area contributed by atoms with Crippen LogP contribution in [0.25, 0.3) is 0 Å². The Labute approximate surface area is 107 Å². The van der Waals surface area contributed by atoms with Crippen molar-refractivity contribution in [3.8, 4) is 0 Å². The molecule has 18 heavy (non-hydrogen) atoms. The molecule has 0 saturated heterocycles. The van der Waals surface area contributed by atoms with Gasteiger partial charge in [0.1, 0.15) is 11.6 Å². The summed E-state index contributed by atoms with van der Waals surface area (Å²) in [7, 11) is 0. The van der Waals surface area contributed by atoms with Crippen molar-refractivity contribution in [3.05, 3.63) is 12.2 Å². The number of hydrogen-bond donors (Lipinski definition) is 2. The smallest absolute Gasteiger partial charge is 0.408 e. The molecule has 1 aliphatic carbocycles. The molecule has 1 amide bonds. The highest BCUT2D eigenvalue weighted by molar-refractivity contribution is 5.80. The Kier molecular flexibility index (Phi) is 4.76. The molecule has 0 spiro atoms. The predicted octanol–water partition coefficient (Wildman–Crippen LogP) is 2.32. The number of carboxylic acids is 1. The van der Waals surface area contributed by atoms with Crippen molar-refractivity contribution < 1.29 is 19.4 Å². The summed E-state index contributed by atoms with van der Waals surface area (Å²) in [4.78, 5) is 22.6. The van der Waals surface area contributed by atoms with Gasteiger partial charge in [0.2, 0.25) is 0 Å². The maximum Gasteiger partial charge on any atom is 0.408 e. The minimum atomic E-state index is -1.02. The zero-order valence-corrected chi connectivity index (χ0v) is 11.1. The predicted molar refractivity (Wildman–Crippen MR) is 67.3 cm³/mol. The Hall–Kier alpha value is -1.52. The molecule has 0 unspecified atom stereocenters. The number of allylic oxidation sites excluding steroid dienone is 2. The lowest BCUT2D eigenvalue weighted by molar-refractivity contribution is -0.140. The second-order valence-electron chi connectivity index (χ2n) is 5.58. The number of carbonyl (C=O) groups excluding carboxylic acids is 1. The van der Waals surface area contributed by atoms with E-state index in [9.17, 15) is 9.59 Å². The molecule has 0 radical (unpaired) electrons. The summed E-state index contributed by atoms with van der Waals surface area (Å²) in [5, 5.41) is 11.5. The van der Waals surface area contributed by atoms with Crippen LogP contribution in [0.15, 0.2) is 12.2 Å². The first-order valence-electron chi connectivity index (χ1n) is 6.15. The first-order valence-corrected chi connectivity index (χ1v) is 6.15. The van der Waals surface area contributed by atoms with Crippen LogP contribution < -0.4 is 5.32 Å². The van der Waals surface area contributed by atoms with Gasteiger partial charge in [-0.05, 0) is 46.0 Å².